The first-order chi connectivity index (χ1) is 10.0. The van der Waals surface area contributed by atoms with Gasteiger partial charge in [0.05, 0.1) is 17.5 Å². The Kier molecular flexibility index (Phi) is 3.52. The van der Waals surface area contributed by atoms with Crippen LogP contribution >= 0.6 is 0 Å². The lowest BCUT2D eigenvalue weighted by molar-refractivity contribution is 0.0692. The zero-order chi connectivity index (χ0) is 15.0. The summed E-state index contributed by atoms with van der Waals surface area (Å²) in [6, 6.07) is 4.58. The van der Waals surface area contributed by atoms with Gasteiger partial charge in [0.2, 0.25) is 10.0 Å². The lowest BCUT2D eigenvalue weighted by Gasteiger charge is -2.33. The molecule has 0 unspecified atom stereocenters. The molecular formula is C14H17NO5S. The number of benzene rings is 1. The maximum Gasteiger partial charge on any atom is 0.339 e. The fourth-order valence-corrected chi connectivity index (χ4v) is 5.06. The maximum absolute atomic E-state index is 12.8. The summed E-state index contributed by atoms with van der Waals surface area (Å²) in [4.78, 5) is 11.2. The molecule has 1 aliphatic carbocycles. The summed E-state index contributed by atoms with van der Waals surface area (Å²) in [7, 11) is -3.46. The van der Waals surface area contributed by atoms with E-state index in [-0.39, 0.29) is 29.7 Å². The second-order valence-electron chi connectivity index (χ2n) is 5.33. The molecule has 0 bridgehead atoms. The van der Waals surface area contributed by atoms with Crippen LogP contribution in [0.5, 0.6) is 5.75 Å². The lowest BCUT2D eigenvalue weighted by Crippen LogP contribution is -2.42. The Morgan fingerprint density at radius 1 is 1.29 bits per heavy atom. The number of fused-ring (bicyclic) bond motifs is 1. The van der Waals surface area contributed by atoms with Crippen molar-refractivity contribution >= 4 is 21.7 Å². The molecule has 1 aliphatic heterocycles. The molecule has 7 heteroatoms. The van der Waals surface area contributed by atoms with Crippen molar-refractivity contribution in [3.63, 3.8) is 0 Å². The molecule has 0 saturated heterocycles. The van der Waals surface area contributed by atoms with Crippen molar-refractivity contribution in [3.05, 3.63) is 23.8 Å². The number of rotatable bonds is 3. The second kappa shape index (κ2) is 5.22. The fourth-order valence-electron chi connectivity index (χ4n) is 3.02. The Morgan fingerprint density at radius 2 is 2.00 bits per heavy atom. The van der Waals surface area contributed by atoms with Gasteiger partial charge >= 0.3 is 5.97 Å². The predicted molar refractivity (Wildman–Crippen MR) is 77.4 cm³/mol. The molecule has 0 spiro atoms. The Balaban J connectivity index is 2.05. The van der Waals surface area contributed by atoms with Crippen LogP contribution in [0.2, 0.25) is 0 Å². The monoisotopic (exact) mass is 311 g/mol. The summed E-state index contributed by atoms with van der Waals surface area (Å²) >= 11 is 0. The molecule has 1 N–H and O–H groups in total. The van der Waals surface area contributed by atoms with Gasteiger partial charge in [-0.1, -0.05) is 18.9 Å². The van der Waals surface area contributed by atoms with Gasteiger partial charge in [0.25, 0.3) is 0 Å². The molecule has 6 nitrogen and oxygen atoms in total. The van der Waals surface area contributed by atoms with Crippen LogP contribution in [0.4, 0.5) is 5.69 Å². The fraction of sp³-hybridized carbons (Fsp3) is 0.500. The standard InChI is InChI=1S/C14H17NO5S/c16-14(17)11-6-3-7-12-13(11)20-9-8-15(12)21(18,19)10-4-1-2-5-10/h3,6-7,10H,1-2,4-5,8-9H2,(H,16,17). The molecule has 0 atom stereocenters. The summed E-state index contributed by atoms with van der Waals surface area (Å²) in [6.45, 7) is 0.401. The van der Waals surface area contributed by atoms with Gasteiger partial charge in [0.15, 0.2) is 5.75 Å². The highest BCUT2D eigenvalue weighted by Crippen LogP contribution is 2.39. The van der Waals surface area contributed by atoms with E-state index in [1.807, 2.05) is 0 Å². The zero-order valence-electron chi connectivity index (χ0n) is 11.5. The minimum Gasteiger partial charge on any atom is -0.489 e. The average Bonchev–Trinajstić information content (AvgIpc) is 3.00. The van der Waals surface area contributed by atoms with E-state index in [4.69, 9.17) is 4.74 Å². The van der Waals surface area contributed by atoms with E-state index in [0.29, 0.717) is 18.5 Å². The van der Waals surface area contributed by atoms with Gasteiger partial charge in [-0.15, -0.1) is 0 Å². The lowest BCUT2D eigenvalue weighted by atomic mass is 10.1. The SMILES string of the molecule is O=C(O)c1cccc2c1OCCN2S(=O)(=O)C1CCCC1. The molecule has 1 aromatic carbocycles. The van der Waals surface area contributed by atoms with E-state index in [1.165, 1.54) is 10.4 Å². The molecule has 1 aromatic rings. The number of para-hydroxylation sites is 1. The molecule has 1 saturated carbocycles. The van der Waals surface area contributed by atoms with E-state index >= 15 is 0 Å². The van der Waals surface area contributed by atoms with Crippen molar-refractivity contribution in [1.29, 1.82) is 0 Å². The van der Waals surface area contributed by atoms with Crippen LogP contribution in [-0.4, -0.2) is 37.9 Å². The van der Waals surface area contributed by atoms with E-state index < -0.39 is 16.0 Å². The Morgan fingerprint density at radius 3 is 2.67 bits per heavy atom. The summed E-state index contributed by atoms with van der Waals surface area (Å²) in [6.07, 6.45) is 3.20. The highest BCUT2D eigenvalue weighted by atomic mass is 32.2. The van der Waals surface area contributed by atoms with Gasteiger partial charge in [0.1, 0.15) is 12.2 Å². The number of aromatic carboxylic acids is 1. The second-order valence-corrected chi connectivity index (χ2v) is 7.47. The van der Waals surface area contributed by atoms with Gasteiger partial charge in [-0.3, -0.25) is 4.31 Å². The molecule has 21 heavy (non-hydrogen) atoms. The minimum absolute atomic E-state index is 0.00109. The number of carboxylic acid groups (broad SMARTS) is 1. The number of carbonyl (C=O) groups is 1. The van der Waals surface area contributed by atoms with Crippen LogP contribution in [0.1, 0.15) is 36.0 Å². The van der Waals surface area contributed by atoms with E-state index in [0.717, 1.165) is 12.8 Å². The number of ether oxygens (including phenoxy) is 1. The van der Waals surface area contributed by atoms with Crippen LogP contribution in [0.25, 0.3) is 0 Å². The Hall–Kier alpha value is -1.76. The molecule has 0 radical (unpaired) electrons. The average molecular weight is 311 g/mol. The third-order valence-electron chi connectivity index (χ3n) is 4.06. The molecule has 0 aromatic heterocycles. The smallest absolute Gasteiger partial charge is 0.339 e. The number of carboxylic acids is 1. The largest absolute Gasteiger partial charge is 0.489 e. The van der Waals surface area contributed by atoms with E-state index in [2.05, 4.69) is 0 Å². The third kappa shape index (κ3) is 2.35. The van der Waals surface area contributed by atoms with Crippen molar-refractivity contribution in [2.45, 2.75) is 30.9 Å². The van der Waals surface area contributed by atoms with Crippen LogP contribution in [-0.2, 0) is 10.0 Å². The van der Waals surface area contributed by atoms with Gasteiger partial charge in [-0.25, -0.2) is 13.2 Å². The van der Waals surface area contributed by atoms with E-state index in [1.54, 1.807) is 12.1 Å². The van der Waals surface area contributed by atoms with Crippen molar-refractivity contribution in [2.24, 2.45) is 0 Å². The molecule has 2 aliphatic rings. The highest BCUT2D eigenvalue weighted by Gasteiger charge is 2.37. The van der Waals surface area contributed by atoms with Crippen LogP contribution in [0.15, 0.2) is 18.2 Å². The molecule has 0 amide bonds. The van der Waals surface area contributed by atoms with E-state index in [9.17, 15) is 18.3 Å². The molecule has 1 fully saturated rings. The van der Waals surface area contributed by atoms with Gasteiger partial charge < -0.3 is 9.84 Å². The van der Waals surface area contributed by atoms with Crippen LogP contribution < -0.4 is 9.04 Å². The summed E-state index contributed by atoms with van der Waals surface area (Å²) in [5, 5.41) is 8.83. The number of sulfonamides is 1. The normalized spacial score (nSPS) is 19.1. The first kappa shape index (κ1) is 14.2. The summed E-state index contributed by atoms with van der Waals surface area (Å²) in [5.41, 5.74) is 0.340. The summed E-state index contributed by atoms with van der Waals surface area (Å²) in [5.74, 6) is -0.968. The quantitative estimate of drug-likeness (QED) is 0.921. The van der Waals surface area contributed by atoms with Crippen molar-refractivity contribution in [1.82, 2.24) is 0 Å². The molecule has 3 rings (SSSR count). The number of hydrogen-bond acceptors (Lipinski definition) is 4. The van der Waals surface area contributed by atoms with Gasteiger partial charge in [-0.2, -0.15) is 0 Å². The van der Waals surface area contributed by atoms with Gasteiger partial charge in [-0.05, 0) is 25.0 Å². The van der Waals surface area contributed by atoms with Crippen molar-refractivity contribution < 1.29 is 23.1 Å². The van der Waals surface area contributed by atoms with Crippen LogP contribution in [0, 0.1) is 0 Å². The Labute approximate surface area is 123 Å². The first-order valence-corrected chi connectivity index (χ1v) is 8.53. The van der Waals surface area contributed by atoms with Gasteiger partial charge in [0, 0.05) is 0 Å². The first-order valence-electron chi connectivity index (χ1n) is 7.02. The zero-order valence-corrected chi connectivity index (χ0v) is 12.3. The topological polar surface area (TPSA) is 83.9 Å². The van der Waals surface area contributed by atoms with Crippen molar-refractivity contribution in [3.8, 4) is 5.75 Å². The predicted octanol–water partition coefficient (Wildman–Crippen LogP) is 1.86. The van der Waals surface area contributed by atoms with Crippen molar-refractivity contribution in [2.75, 3.05) is 17.5 Å². The summed E-state index contributed by atoms with van der Waals surface area (Å²) < 4.78 is 32.3. The molecular weight excluding hydrogens is 294 g/mol. The number of hydrogen-bond donors (Lipinski definition) is 1. The molecule has 1 heterocycles. The molecule has 114 valence electrons. The minimum atomic E-state index is -3.46. The number of nitrogens with zero attached hydrogens (tertiary/aromatic N) is 1. The van der Waals surface area contributed by atoms with Crippen LogP contribution in [0.3, 0.4) is 0 Å². The number of anilines is 1. The Bertz CT molecular complexity index is 664. The maximum atomic E-state index is 12.8. The highest BCUT2D eigenvalue weighted by molar-refractivity contribution is 7.93. The third-order valence-corrected chi connectivity index (χ3v) is 6.37.